The maximum Gasteiger partial charge on any atom is 0.131 e. The van der Waals surface area contributed by atoms with Crippen molar-refractivity contribution in [2.45, 2.75) is 64.7 Å². The number of fused-ring (bicyclic) bond motifs is 4. The number of piperidine rings is 1. The van der Waals surface area contributed by atoms with Crippen LogP contribution in [-0.2, 0) is 23.2 Å². The van der Waals surface area contributed by atoms with Gasteiger partial charge in [-0.1, -0.05) is 39.0 Å². The van der Waals surface area contributed by atoms with Gasteiger partial charge in [0.15, 0.2) is 0 Å². The fraction of sp³-hybridized carbons (Fsp3) is 0.520. The zero-order valence-electron chi connectivity index (χ0n) is 18.8. The molecule has 2 bridgehead atoms. The molecule has 2 aromatic rings. The van der Waals surface area contributed by atoms with Gasteiger partial charge in [-0.2, -0.15) is 0 Å². The van der Waals surface area contributed by atoms with E-state index >= 15 is 0 Å². The van der Waals surface area contributed by atoms with Crippen LogP contribution < -0.4 is 5.73 Å². The largest absolute Gasteiger partial charge is 0.398 e. The van der Waals surface area contributed by atoms with Crippen molar-refractivity contribution >= 4 is 18.1 Å². The van der Waals surface area contributed by atoms with Crippen molar-refractivity contribution < 1.29 is 13.5 Å². The van der Waals surface area contributed by atoms with Gasteiger partial charge in [0.2, 0.25) is 0 Å². The first-order chi connectivity index (χ1) is 14.1. The molecule has 4 rings (SSSR count). The van der Waals surface area contributed by atoms with Crippen LogP contribution in [0.5, 0.6) is 0 Å². The van der Waals surface area contributed by atoms with E-state index in [9.17, 15) is 8.78 Å². The number of ether oxygens (including phenoxy) is 1. The van der Waals surface area contributed by atoms with Crippen LogP contribution in [0, 0.1) is 17.0 Å². The summed E-state index contributed by atoms with van der Waals surface area (Å²) in [6, 6.07) is 10.6. The van der Waals surface area contributed by atoms with Crippen molar-refractivity contribution in [3.63, 3.8) is 0 Å². The molecule has 0 radical (unpaired) electrons. The topological polar surface area (TPSA) is 38.5 Å². The second kappa shape index (κ2) is 8.68. The number of likely N-dealkylation sites (tertiary alicyclic amines) is 1. The number of anilines is 1. The molecule has 2 aliphatic rings. The van der Waals surface area contributed by atoms with E-state index in [4.69, 9.17) is 10.5 Å². The Hall–Kier alpha value is -1.69. The van der Waals surface area contributed by atoms with Gasteiger partial charge in [0.1, 0.15) is 11.6 Å². The molecule has 1 aliphatic heterocycles. The van der Waals surface area contributed by atoms with Crippen molar-refractivity contribution in [1.82, 2.24) is 4.90 Å². The lowest BCUT2D eigenvalue weighted by atomic mass is 9.51. The van der Waals surface area contributed by atoms with Gasteiger partial charge in [-0.15, -0.1) is 12.4 Å². The Morgan fingerprint density at radius 2 is 1.77 bits per heavy atom. The van der Waals surface area contributed by atoms with Crippen molar-refractivity contribution in [2.24, 2.45) is 5.41 Å². The standard InChI is InChI=1S/C25H32F2N2O.ClH/c1-16(30-15-18-20(26)8-6-9-21(18)27)14-29-12-11-25(4)19-7-5-10-22(28)17(19)13-23(29)24(25,2)3;/h5-10,16,23H,11-15,28H2,1-4H3;1H. The molecule has 1 saturated heterocycles. The third-order valence-electron chi connectivity index (χ3n) is 7.86. The molecule has 3 nitrogen and oxygen atoms in total. The predicted molar refractivity (Wildman–Crippen MR) is 124 cm³/mol. The van der Waals surface area contributed by atoms with Crippen LogP contribution in [0.2, 0.25) is 0 Å². The van der Waals surface area contributed by atoms with Crippen LogP contribution in [0.4, 0.5) is 14.5 Å². The minimum atomic E-state index is -0.559. The zero-order chi connectivity index (χ0) is 21.7. The summed E-state index contributed by atoms with van der Waals surface area (Å²) in [4.78, 5) is 2.49. The number of benzene rings is 2. The van der Waals surface area contributed by atoms with E-state index in [0.717, 1.165) is 31.6 Å². The summed E-state index contributed by atoms with van der Waals surface area (Å²) in [5, 5.41) is 0. The van der Waals surface area contributed by atoms with E-state index in [1.54, 1.807) is 0 Å². The van der Waals surface area contributed by atoms with Crippen molar-refractivity contribution in [3.05, 3.63) is 64.7 Å². The number of nitrogen functional groups attached to an aromatic ring is 1. The molecule has 2 aromatic carbocycles. The molecule has 0 amide bonds. The highest BCUT2D eigenvalue weighted by Crippen LogP contribution is 2.56. The minimum absolute atomic E-state index is 0. The molecule has 2 N–H and O–H groups in total. The van der Waals surface area contributed by atoms with E-state index in [0.29, 0.717) is 6.04 Å². The molecule has 6 heteroatoms. The van der Waals surface area contributed by atoms with E-state index < -0.39 is 11.6 Å². The Labute approximate surface area is 190 Å². The van der Waals surface area contributed by atoms with E-state index in [-0.39, 0.29) is 41.5 Å². The first-order valence-corrected chi connectivity index (χ1v) is 10.8. The van der Waals surface area contributed by atoms with Crippen molar-refractivity contribution in [3.8, 4) is 0 Å². The average Bonchev–Trinajstić information content (AvgIpc) is 2.67. The van der Waals surface area contributed by atoms with Crippen LogP contribution in [0.25, 0.3) is 0 Å². The number of hydrogen-bond acceptors (Lipinski definition) is 3. The van der Waals surface area contributed by atoms with Crippen LogP contribution >= 0.6 is 12.4 Å². The first kappa shape index (κ1) is 24.0. The fourth-order valence-corrected chi connectivity index (χ4v) is 5.58. The van der Waals surface area contributed by atoms with Gasteiger partial charge in [-0.05, 0) is 61.1 Å². The Bertz CT molecular complexity index is 931. The first-order valence-electron chi connectivity index (χ1n) is 10.8. The number of nitrogens with zero attached hydrogens (tertiary/aromatic N) is 1. The predicted octanol–water partition coefficient (Wildman–Crippen LogP) is 5.49. The van der Waals surface area contributed by atoms with Crippen molar-refractivity contribution in [1.29, 1.82) is 0 Å². The Morgan fingerprint density at radius 3 is 2.45 bits per heavy atom. The van der Waals surface area contributed by atoms with E-state index in [1.807, 2.05) is 13.0 Å². The quantitative estimate of drug-likeness (QED) is 0.612. The monoisotopic (exact) mass is 450 g/mol. The number of rotatable bonds is 5. The lowest BCUT2D eigenvalue weighted by Gasteiger charge is -2.61. The number of halogens is 3. The summed E-state index contributed by atoms with van der Waals surface area (Å²) in [7, 11) is 0. The van der Waals surface area contributed by atoms with Gasteiger partial charge in [0, 0.05) is 29.3 Å². The van der Waals surface area contributed by atoms with Gasteiger partial charge in [-0.3, -0.25) is 4.90 Å². The Morgan fingerprint density at radius 1 is 1.13 bits per heavy atom. The molecule has 1 heterocycles. The van der Waals surface area contributed by atoms with Crippen LogP contribution in [-0.4, -0.2) is 30.1 Å². The Balaban J connectivity index is 0.00000272. The molecule has 0 spiro atoms. The molecule has 0 aromatic heterocycles. The summed E-state index contributed by atoms with van der Waals surface area (Å²) < 4.78 is 33.7. The van der Waals surface area contributed by atoms with Crippen LogP contribution in [0.1, 0.15) is 50.8 Å². The highest BCUT2D eigenvalue weighted by Gasteiger charge is 2.56. The summed E-state index contributed by atoms with van der Waals surface area (Å²) >= 11 is 0. The number of nitrogens with two attached hydrogens (primary N) is 1. The second-order valence-electron chi connectivity index (χ2n) is 9.71. The molecular formula is C25H33ClF2N2O. The lowest BCUT2D eigenvalue weighted by Crippen LogP contribution is -2.64. The van der Waals surface area contributed by atoms with E-state index in [2.05, 4.69) is 37.8 Å². The van der Waals surface area contributed by atoms with Gasteiger partial charge in [0.05, 0.1) is 12.7 Å². The Kier molecular flexibility index (Phi) is 6.71. The van der Waals surface area contributed by atoms with Crippen molar-refractivity contribution in [2.75, 3.05) is 18.8 Å². The molecule has 1 aliphatic carbocycles. The van der Waals surface area contributed by atoms with Crippen LogP contribution in [0.15, 0.2) is 36.4 Å². The average molecular weight is 451 g/mol. The van der Waals surface area contributed by atoms with E-state index in [1.165, 1.54) is 29.3 Å². The minimum Gasteiger partial charge on any atom is -0.398 e. The third kappa shape index (κ3) is 3.96. The summed E-state index contributed by atoms with van der Waals surface area (Å²) in [6.07, 6.45) is 1.82. The summed E-state index contributed by atoms with van der Waals surface area (Å²) in [5.74, 6) is -1.12. The van der Waals surface area contributed by atoms with Crippen LogP contribution in [0.3, 0.4) is 0 Å². The number of hydrogen-bond donors (Lipinski definition) is 1. The smallest absolute Gasteiger partial charge is 0.131 e. The maximum atomic E-state index is 13.9. The molecule has 0 saturated carbocycles. The van der Waals surface area contributed by atoms with Gasteiger partial charge in [-0.25, -0.2) is 8.78 Å². The molecule has 31 heavy (non-hydrogen) atoms. The zero-order valence-corrected chi connectivity index (χ0v) is 19.6. The molecule has 170 valence electrons. The molecule has 3 unspecified atom stereocenters. The highest BCUT2D eigenvalue weighted by molar-refractivity contribution is 5.85. The van der Waals surface area contributed by atoms with Gasteiger partial charge < -0.3 is 10.5 Å². The molecule has 3 atom stereocenters. The third-order valence-corrected chi connectivity index (χ3v) is 7.86. The normalized spacial score (nSPS) is 25.4. The molecule has 1 fully saturated rings. The van der Waals surface area contributed by atoms with Gasteiger partial charge in [0.25, 0.3) is 0 Å². The summed E-state index contributed by atoms with van der Waals surface area (Å²) in [5.41, 5.74) is 10.0. The van der Waals surface area contributed by atoms with Gasteiger partial charge >= 0.3 is 0 Å². The second-order valence-corrected chi connectivity index (χ2v) is 9.71. The maximum absolute atomic E-state index is 13.9. The highest BCUT2D eigenvalue weighted by atomic mass is 35.5. The SMILES string of the molecule is CC(CN1CCC2(C)c3cccc(N)c3CC1C2(C)C)OCc1c(F)cccc1F.Cl. The fourth-order valence-electron chi connectivity index (χ4n) is 5.58. The lowest BCUT2D eigenvalue weighted by molar-refractivity contribution is -0.0651. The summed E-state index contributed by atoms with van der Waals surface area (Å²) in [6.45, 7) is 10.7. The molecular weight excluding hydrogens is 418 g/mol.